The second kappa shape index (κ2) is 11.8. The summed E-state index contributed by atoms with van der Waals surface area (Å²) >= 11 is 0. The van der Waals surface area contributed by atoms with E-state index in [0.29, 0.717) is 24.8 Å². The lowest BCUT2D eigenvalue weighted by molar-refractivity contribution is 0.114. The predicted octanol–water partition coefficient (Wildman–Crippen LogP) is 2.48. The number of ether oxygens (including phenoxy) is 2. The average molecular weight is 411 g/mol. The van der Waals surface area contributed by atoms with Gasteiger partial charge in [0.1, 0.15) is 36.7 Å². The van der Waals surface area contributed by atoms with Crippen molar-refractivity contribution >= 4 is 5.96 Å². The zero-order chi connectivity index (χ0) is 21.1. The number of hydrogen-bond acceptors (Lipinski definition) is 4. The first-order valence-electron chi connectivity index (χ1n) is 9.14. The van der Waals surface area contributed by atoms with E-state index >= 15 is 0 Å². The van der Waals surface area contributed by atoms with Gasteiger partial charge in [0.2, 0.25) is 0 Å². The number of benzene rings is 2. The highest BCUT2D eigenvalue weighted by Crippen LogP contribution is 2.17. The molecule has 0 radical (unpaired) electrons. The minimum absolute atomic E-state index is 0.00148. The Bertz CT molecular complexity index is 788. The zero-order valence-corrected chi connectivity index (χ0v) is 16.0. The van der Waals surface area contributed by atoms with Gasteiger partial charge in [0, 0.05) is 12.6 Å². The van der Waals surface area contributed by atoms with Gasteiger partial charge in [-0.15, -0.1) is 0 Å². The summed E-state index contributed by atoms with van der Waals surface area (Å²) in [5, 5.41) is 16.0. The maximum absolute atomic E-state index is 13.5. The topological polar surface area (TPSA) is 75.1 Å². The van der Waals surface area contributed by atoms with Crippen molar-refractivity contribution in [2.45, 2.75) is 13.0 Å². The van der Waals surface area contributed by atoms with E-state index < -0.39 is 17.7 Å². The van der Waals surface area contributed by atoms with Crippen molar-refractivity contribution in [3.63, 3.8) is 0 Å². The summed E-state index contributed by atoms with van der Waals surface area (Å²) in [5.74, 6) is -0.953. The van der Waals surface area contributed by atoms with E-state index in [4.69, 9.17) is 9.47 Å². The van der Waals surface area contributed by atoms with Crippen LogP contribution in [0, 0.1) is 17.5 Å². The third-order valence-corrected chi connectivity index (χ3v) is 3.61. The van der Waals surface area contributed by atoms with Crippen LogP contribution in [0.1, 0.15) is 6.92 Å². The number of guanidine groups is 1. The van der Waals surface area contributed by atoms with Crippen LogP contribution in [0.2, 0.25) is 0 Å². The molecule has 0 bridgehead atoms. The first-order chi connectivity index (χ1) is 14.0. The van der Waals surface area contributed by atoms with Crippen LogP contribution in [0.3, 0.4) is 0 Å². The molecule has 0 fully saturated rings. The van der Waals surface area contributed by atoms with Gasteiger partial charge < -0.3 is 25.2 Å². The molecule has 0 aliphatic rings. The molecule has 158 valence electrons. The lowest BCUT2D eigenvalue weighted by Crippen LogP contribution is -2.40. The summed E-state index contributed by atoms with van der Waals surface area (Å²) in [6.07, 6.45) is -0.861. The van der Waals surface area contributed by atoms with Gasteiger partial charge in [0.25, 0.3) is 0 Å². The van der Waals surface area contributed by atoms with Crippen molar-refractivity contribution in [2.24, 2.45) is 4.99 Å². The molecule has 2 aromatic carbocycles. The molecule has 0 saturated carbocycles. The van der Waals surface area contributed by atoms with Crippen LogP contribution in [-0.4, -0.2) is 50.0 Å². The van der Waals surface area contributed by atoms with E-state index in [1.807, 2.05) is 6.92 Å². The summed E-state index contributed by atoms with van der Waals surface area (Å²) < 4.78 is 49.8. The molecule has 0 aromatic heterocycles. The molecule has 2 rings (SSSR count). The molecule has 9 heteroatoms. The first-order valence-corrected chi connectivity index (χ1v) is 9.14. The van der Waals surface area contributed by atoms with Gasteiger partial charge in [-0.25, -0.2) is 13.2 Å². The van der Waals surface area contributed by atoms with Crippen LogP contribution >= 0.6 is 0 Å². The second-order valence-corrected chi connectivity index (χ2v) is 5.99. The first kappa shape index (κ1) is 22.4. The number of rotatable bonds is 10. The van der Waals surface area contributed by atoms with E-state index in [1.165, 1.54) is 30.3 Å². The quantitative estimate of drug-likeness (QED) is 0.318. The fraction of sp³-hybridized carbons (Fsp3) is 0.350. The number of nitrogens with one attached hydrogen (secondary N) is 2. The minimum Gasteiger partial charge on any atom is -0.491 e. The molecule has 6 nitrogen and oxygen atoms in total. The Labute approximate surface area is 167 Å². The van der Waals surface area contributed by atoms with Crippen molar-refractivity contribution in [1.82, 2.24) is 10.6 Å². The Balaban J connectivity index is 1.73. The number of hydrogen-bond donors (Lipinski definition) is 3. The molecule has 2 aromatic rings. The van der Waals surface area contributed by atoms with Crippen LogP contribution in [0.25, 0.3) is 0 Å². The number of halogens is 3. The maximum Gasteiger partial charge on any atom is 0.191 e. The van der Waals surface area contributed by atoms with Gasteiger partial charge >= 0.3 is 0 Å². The Morgan fingerprint density at radius 3 is 2.45 bits per heavy atom. The van der Waals surface area contributed by atoms with Gasteiger partial charge in [-0.05, 0) is 43.3 Å². The Kier molecular flexibility index (Phi) is 9.10. The molecule has 0 heterocycles. The van der Waals surface area contributed by atoms with Crippen LogP contribution in [0.4, 0.5) is 13.2 Å². The van der Waals surface area contributed by atoms with Crippen LogP contribution in [0.5, 0.6) is 11.5 Å². The van der Waals surface area contributed by atoms with E-state index in [2.05, 4.69) is 15.6 Å². The van der Waals surface area contributed by atoms with Gasteiger partial charge in [-0.1, -0.05) is 0 Å². The molecule has 1 unspecified atom stereocenters. The van der Waals surface area contributed by atoms with Crippen LogP contribution in [-0.2, 0) is 0 Å². The third kappa shape index (κ3) is 8.30. The fourth-order valence-electron chi connectivity index (χ4n) is 2.24. The maximum atomic E-state index is 13.5. The normalized spacial score (nSPS) is 12.4. The SMILES string of the molecule is CCNC(=NCC(O)COc1ccc(F)cc1)NCCOc1ccc(F)cc1F. The molecule has 0 aliphatic heterocycles. The number of nitrogens with zero attached hydrogens (tertiary/aromatic N) is 1. The van der Waals surface area contributed by atoms with E-state index in [9.17, 15) is 18.3 Å². The molecular formula is C20H24F3N3O3. The molecule has 29 heavy (non-hydrogen) atoms. The average Bonchev–Trinajstić information content (AvgIpc) is 2.70. The Morgan fingerprint density at radius 1 is 1.03 bits per heavy atom. The van der Waals surface area contributed by atoms with Gasteiger partial charge in [-0.2, -0.15) is 0 Å². The highest BCUT2D eigenvalue weighted by molar-refractivity contribution is 5.79. The van der Waals surface area contributed by atoms with Crippen molar-refractivity contribution in [2.75, 3.05) is 32.8 Å². The molecule has 0 spiro atoms. The van der Waals surface area contributed by atoms with Crippen molar-refractivity contribution in [1.29, 1.82) is 0 Å². The molecular weight excluding hydrogens is 387 g/mol. The highest BCUT2D eigenvalue weighted by Gasteiger charge is 2.07. The summed E-state index contributed by atoms with van der Waals surface area (Å²) in [6, 6.07) is 8.58. The second-order valence-electron chi connectivity index (χ2n) is 5.99. The Morgan fingerprint density at radius 2 is 1.76 bits per heavy atom. The lowest BCUT2D eigenvalue weighted by Gasteiger charge is -2.14. The fourth-order valence-corrected chi connectivity index (χ4v) is 2.24. The van der Waals surface area contributed by atoms with Gasteiger partial charge in [0.15, 0.2) is 17.5 Å². The molecule has 0 aliphatic carbocycles. The Hall–Kier alpha value is -2.94. The van der Waals surface area contributed by atoms with E-state index in [1.54, 1.807) is 0 Å². The van der Waals surface area contributed by atoms with E-state index in [-0.39, 0.29) is 31.3 Å². The van der Waals surface area contributed by atoms with E-state index in [0.717, 1.165) is 12.1 Å². The number of aliphatic hydroxyl groups excluding tert-OH is 1. The number of aliphatic hydroxyl groups is 1. The third-order valence-electron chi connectivity index (χ3n) is 3.61. The van der Waals surface area contributed by atoms with Crippen molar-refractivity contribution < 1.29 is 27.8 Å². The predicted molar refractivity (Wildman–Crippen MR) is 104 cm³/mol. The summed E-state index contributed by atoms with van der Waals surface area (Å²) in [7, 11) is 0. The smallest absolute Gasteiger partial charge is 0.191 e. The standard InChI is InChI=1S/C20H24F3N3O3/c1-2-24-20(25-9-10-28-19-8-5-15(22)11-18(19)23)26-12-16(27)13-29-17-6-3-14(21)4-7-17/h3-8,11,16,27H,2,9-10,12-13H2,1H3,(H2,24,25,26). The van der Waals surface area contributed by atoms with Gasteiger partial charge in [-0.3, -0.25) is 4.99 Å². The zero-order valence-electron chi connectivity index (χ0n) is 16.0. The minimum atomic E-state index is -0.861. The highest BCUT2D eigenvalue weighted by atomic mass is 19.1. The number of aliphatic imine (C=N–C) groups is 1. The molecule has 0 amide bonds. The van der Waals surface area contributed by atoms with Crippen LogP contribution in [0.15, 0.2) is 47.5 Å². The largest absolute Gasteiger partial charge is 0.491 e. The molecule has 0 saturated heterocycles. The summed E-state index contributed by atoms with van der Waals surface area (Å²) in [5.41, 5.74) is 0. The lowest BCUT2D eigenvalue weighted by atomic mass is 10.3. The summed E-state index contributed by atoms with van der Waals surface area (Å²) in [6.45, 7) is 3.00. The molecule has 3 N–H and O–H groups in total. The van der Waals surface area contributed by atoms with Gasteiger partial charge in [0.05, 0.1) is 13.1 Å². The van der Waals surface area contributed by atoms with Crippen LogP contribution < -0.4 is 20.1 Å². The molecule has 1 atom stereocenters. The summed E-state index contributed by atoms with van der Waals surface area (Å²) in [4.78, 5) is 4.24. The van der Waals surface area contributed by atoms with Crippen molar-refractivity contribution in [3.8, 4) is 11.5 Å². The monoisotopic (exact) mass is 411 g/mol. The van der Waals surface area contributed by atoms with Crippen molar-refractivity contribution in [3.05, 3.63) is 59.9 Å².